The summed E-state index contributed by atoms with van der Waals surface area (Å²) in [4.78, 5) is 12.7. The second-order valence-electron chi connectivity index (χ2n) is 5.93. The maximum absolute atomic E-state index is 12.7. The van der Waals surface area contributed by atoms with Gasteiger partial charge in [0.15, 0.2) is 0 Å². The Bertz CT molecular complexity index is 665. The highest BCUT2D eigenvalue weighted by atomic mass is 79.9. The fraction of sp³-hybridized carbons (Fsp3) is 0.316. The van der Waals surface area contributed by atoms with E-state index in [0.29, 0.717) is 0 Å². The molecule has 0 spiro atoms. The third kappa shape index (κ3) is 3.25. The number of carbonyl (C=O) groups is 1. The molecule has 22 heavy (non-hydrogen) atoms. The Morgan fingerprint density at radius 2 is 1.91 bits per heavy atom. The van der Waals surface area contributed by atoms with Gasteiger partial charge in [-0.05, 0) is 55.0 Å². The number of nitrogens with one attached hydrogen (secondary N) is 1. The van der Waals surface area contributed by atoms with Crippen molar-refractivity contribution in [3.05, 3.63) is 69.7 Å². The van der Waals surface area contributed by atoms with Crippen molar-refractivity contribution in [1.82, 2.24) is 5.32 Å². The first-order chi connectivity index (χ1) is 10.6. The summed E-state index contributed by atoms with van der Waals surface area (Å²) in [7, 11) is 0. The number of halogens is 1. The van der Waals surface area contributed by atoms with Crippen LogP contribution in [0.25, 0.3) is 0 Å². The van der Waals surface area contributed by atoms with Gasteiger partial charge in [0.2, 0.25) is 5.91 Å². The van der Waals surface area contributed by atoms with Gasteiger partial charge >= 0.3 is 0 Å². The minimum atomic E-state index is -0.0113. The molecule has 0 saturated carbocycles. The second kappa shape index (κ2) is 6.66. The first kappa shape index (κ1) is 15.3. The van der Waals surface area contributed by atoms with Crippen molar-refractivity contribution in [3.63, 3.8) is 0 Å². The fourth-order valence-corrected chi connectivity index (χ4v) is 3.44. The van der Waals surface area contributed by atoms with E-state index >= 15 is 0 Å². The number of hydrogen-bond acceptors (Lipinski definition) is 1. The highest BCUT2D eigenvalue weighted by Gasteiger charge is 2.27. The zero-order valence-electron chi connectivity index (χ0n) is 12.7. The minimum absolute atomic E-state index is 0.0113. The lowest BCUT2D eigenvalue weighted by Crippen LogP contribution is -2.33. The third-order valence-corrected chi connectivity index (χ3v) is 4.94. The highest BCUT2D eigenvalue weighted by Crippen LogP contribution is 2.32. The summed E-state index contributed by atoms with van der Waals surface area (Å²) in [6.07, 6.45) is 3.11. The van der Waals surface area contributed by atoms with Crippen molar-refractivity contribution in [2.45, 2.75) is 38.1 Å². The Morgan fingerprint density at radius 3 is 2.68 bits per heavy atom. The molecule has 0 radical (unpaired) electrons. The largest absolute Gasteiger partial charge is 0.349 e. The second-order valence-corrected chi connectivity index (χ2v) is 6.84. The summed E-state index contributed by atoms with van der Waals surface area (Å²) in [6.45, 7) is 2.04. The maximum Gasteiger partial charge on any atom is 0.228 e. The van der Waals surface area contributed by atoms with E-state index in [1.54, 1.807) is 0 Å². The first-order valence-electron chi connectivity index (χ1n) is 7.79. The van der Waals surface area contributed by atoms with E-state index in [4.69, 9.17) is 0 Å². The molecule has 3 rings (SSSR count). The zero-order chi connectivity index (χ0) is 15.5. The number of carbonyl (C=O) groups excluding carboxylic acids is 1. The molecule has 2 atom stereocenters. The van der Waals surface area contributed by atoms with Crippen LogP contribution in [0.15, 0.2) is 53.0 Å². The monoisotopic (exact) mass is 357 g/mol. The Balaban J connectivity index is 1.74. The predicted octanol–water partition coefficient (Wildman–Crippen LogP) is 4.75. The smallest absolute Gasteiger partial charge is 0.228 e. The van der Waals surface area contributed by atoms with Crippen LogP contribution in [0, 0.1) is 0 Å². The van der Waals surface area contributed by atoms with E-state index in [0.717, 1.165) is 29.3 Å². The fourth-order valence-electron chi connectivity index (χ4n) is 3.18. The number of fused-ring (bicyclic) bond motifs is 1. The molecule has 1 aliphatic rings. The van der Waals surface area contributed by atoms with Crippen molar-refractivity contribution in [3.8, 4) is 0 Å². The SMILES string of the molecule is CC(NC(=O)C1CCCc2ccccc21)c1ccc(Br)cc1. The molecular formula is C19H20BrNO. The third-order valence-electron chi connectivity index (χ3n) is 4.41. The van der Waals surface area contributed by atoms with Gasteiger partial charge in [-0.15, -0.1) is 0 Å². The number of amides is 1. The molecule has 0 saturated heterocycles. The molecule has 2 aromatic carbocycles. The van der Waals surface area contributed by atoms with Crippen LogP contribution in [0.4, 0.5) is 0 Å². The van der Waals surface area contributed by atoms with E-state index in [1.807, 2.05) is 37.3 Å². The standard InChI is InChI=1S/C19H20BrNO/c1-13(14-9-11-16(20)12-10-14)21-19(22)18-8-4-6-15-5-2-3-7-17(15)18/h2-3,5,7,9-13,18H,4,6,8H2,1H3,(H,21,22). The summed E-state index contributed by atoms with van der Waals surface area (Å²) in [5.41, 5.74) is 3.65. The average molecular weight is 358 g/mol. The van der Waals surface area contributed by atoms with Crippen molar-refractivity contribution < 1.29 is 4.79 Å². The van der Waals surface area contributed by atoms with Crippen LogP contribution in [0.1, 0.15) is 48.4 Å². The van der Waals surface area contributed by atoms with Crippen molar-refractivity contribution >= 4 is 21.8 Å². The number of aryl methyl sites for hydroxylation is 1. The van der Waals surface area contributed by atoms with Crippen molar-refractivity contribution in [2.24, 2.45) is 0 Å². The lowest BCUT2D eigenvalue weighted by molar-refractivity contribution is -0.123. The van der Waals surface area contributed by atoms with E-state index in [2.05, 4.69) is 39.4 Å². The van der Waals surface area contributed by atoms with Gasteiger partial charge in [-0.25, -0.2) is 0 Å². The maximum atomic E-state index is 12.7. The van der Waals surface area contributed by atoms with Crippen LogP contribution >= 0.6 is 15.9 Å². The Labute approximate surface area is 140 Å². The lowest BCUT2D eigenvalue weighted by Gasteiger charge is -2.26. The van der Waals surface area contributed by atoms with Gasteiger partial charge in [-0.3, -0.25) is 4.79 Å². The number of benzene rings is 2. The molecule has 2 nitrogen and oxygen atoms in total. The van der Waals surface area contributed by atoms with Crippen LogP contribution in [-0.4, -0.2) is 5.91 Å². The topological polar surface area (TPSA) is 29.1 Å². The Hall–Kier alpha value is -1.61. The van der Waals surface area contributed by atoms with Gasteiger partial charge in [0.25, 0.3) is 0 Å². The van der Waals surface area contributed by atoms with Gasteiger partial charge in [0, 0.05) is 4.47 Å². The van der Waals surface area contributed by atoms with Gasteiger partial charge in [0.1, 0.15) is 0 Å². The van der Waals surface area contributed by atoms with Gasteiger partial charge < -0.3 is 5.32 Å². The molecule has 114 valence electrons. The highest BCUT2D eigenvalue weighted by molar-refractivity contribution is 9.10. The molecule has 2 unspecified atom stereocenters. The molecule has 0 aliphatic heterocycles. The quantitative estimate of drug-likeness (QED) is 0.843. The van der Waals surface area contributed by atoms with E-state index < -0.39 is 0 Å². The molecule has 0 bridgehead atoms. The zero-order valence-corrected chi connectivity index (χ0v) is 14.3. The van der Waals surface area contributed by atoms with Crippen LogP contribution in [0.5, 0.6) is 0 Å². The summed E-state index contributed by atoms with van der Waals surface area (Å²) >= 11 is 3.44. The van der Waals surface area contributed by atoms with Crippen LogP contribution in [-0.2, 0) is 11.2 Å². The summed E-state index contributed by atoms with van der Waals surface area (Å²) in [5, 5.41) is 3.17. The van der Waals surface area contributed by atoms with Gasteiger partial charge in [0.05, 0.1) is 12.0 Å². The molecule has 1 aliphatic carbocycles. The normalized spacial score (nSPS) is 18.4. The van der Waals surface area contributed by atoms with E-state index in [1.165, 1.54) is 11.1 Å². The predicted molar refractivity (Wildman–Crippen MR) is 92.8 cm³/mol. The molecular weight excluding hydrogens is 338 g/mol. The minimum Gasteiger partial charge on any atom is -0.349 e. The number of rotatable bonds is 3. The first-order valence-corrected chi connectivity index (χ1v) is 8.58. The van der Waals surface area contributed by atoms with Gasteiger partial charge in [-0.1, -0.05) is 52.3 Å². The van der Waals surface area contributed by atoms with Crippen molar-refractivity contribution in [2.75, 3.05) is 0 Å². The van der Waals surface area contributed by atoms with Crippen molar-refractivity contribution in [1.29, 1.82) is 0 Å². The Morgan fingerprint density at radius 1 is 1.18 bits per heavy atom. The molecule has 0 heterocycles. The summed E-state index contributed by atoms with van der Waals surface area (Å²) in [5.74, 6) is 0.130. The summed E-state index contributed by atoms with van der Waals surface area (Å²) in [6, 6.07) is 16.5. The van der Waals surface area contributed by atoms with Crippen LogP contribution in [0.2, 0.25) is 0 Å². The molecule has 1 N–H and O–H groups in total. The van der Waals surface area contributed by atoms with Gasteiger partial charge in [-0.2, -0.15) is 0 Å². The van der Waals surface area contributed by atoms with E-state index in [9.17, 15) is 4.79 Å². The molecule has 1 amide bonds. The van der Waals surface area contributed by atoms with E-state index in [-0.39, 0.29) is 17.9 Å². The Kier molecular flexibility index (Phi) is 4.63. The molecule has 3 heteroatoms. The lowest BCUT2D eigenvalue weighted by atomic mass is 9.82. The number of hydrogen-bond donors (Lipinski definition) is 1. The van der Waals surface area contributed by atoms with Crippen LogP contribution in [0.3, 0.4) is 0 Å². The molecule has 0 aromatic heterocycles. The van der Waals surface area contributed by atoms with Crippen LogP contribution < -0.4 is 5.32 Å². The molecule has 2 aromatic rings. The summed E-state index contributed by atoms with van der Waals surface area (Å²) < 4.78 is 1.05. The average Bonchev–Trinajstić information content (AvgIpc) is 2.54. The molecule has 0 fully saturated rings.